The van der Waals surface area contributed by atoms with Crippen molar-refractivity contribution in [2.24, 2.45) is 0 Å². The van der Waals surface area contributed by atoms with Crippen molar-refractivity contribution in [3.05, 3.63) is 230 Å². The van der Waals surface area contributed by atoms with Gasteiger partial charge in [0.2, 0.25) is 17.7 Å². The molecule has 15 rings (SSSR count). The molecule has 0 bridgehead atoms. The fraction of sp³-hybridized carbons (Fsp3) is 0.231. The minimum absolute atomic E-state index is 0.0218. The minimum Gasteiger partial charge on any atom is -0.486 e. The number of carbonyl (C=O) groups excluding carboxylic acids is 3. The highest BCUT2D eigenvalue weighted by Crippen LogP contribution is 2.40. The summed E-state index contributed by atoms with van der Waals surface area (Å²) in [5.74, 6) is -0.433. The van der Waals surface area contributed by atoms with Crippen LogP contribution in [-0.4, -0.2) is 136 Å². The van der Waals surface area contributed by atoms with Crippen molar-refractivity contribution in [1.29, 1.82) is 5.26 Å². The Labute approximate surface area is 611 Å². The number of halogens is 3. The Balaban J connectivity index is 0.000000142. The van der Waals surface area contributed by atoms with Crippen LogP contribution in [0.15, 0.2) is 191 Å². The van der Waals surface area contributed by atoms with Gasteiger partial charge in [-0.05, 0) is 147 Å². The molecule has 0 radical (unpaired) electrons. The van der Waals surface area contributed by atoms with Gasteiger partial charge in [-0.15, -0.1) is 0 Å². The van der Waals surface area contributed by atoms with E-state index in [9.17, 15) is 24.0 Å². The highest BCUT2D eigenvalue weighted by molar-refractivity contribution is 6.01. The van der Waals surface area contributed by atoms with Gasteiger partial charge in [0.15, 0.2) is 40.1 Å². The topological polar surface area (TPSA) is 334 Å². The summed E-state index contributed by atoms with van der Waals surface area (Å²) in [6.45, 7) is 14.7. The van der Waals surface area contributed by atoms with E-state index in [1.54, 1.807) is 72.7 Å². The standard InChI is InChI=1S/C26H24F2N6O2.C26H25FN6O2.C26H24N8O2/c1-2-22(35)33-10-4-7-19(13-33)34-26-23(25(29)30-15-31-26)24(32-34)17-8-9-21(20(28)12-17)36-14-16-5-3-6-18(27)11-16;1-2-22(34)32-12-6-9-19(14-32)33-26-23(25(28)29-16-30-26)24(31-33)18-10-11-21(20(27)13-18)35-15-17-7-4-3-5-8-17;1-2-22(35)33-11-5-7-20(14-33)34-26-23(25(28)30-16-31-26)24(32-34)17-8-9-21(18(12-17)13-27)36-15-19-6-3-4-10-29-19/h2-3,5-6,8-9,11-12,15,19H,1,4,7,10,13-14H2,(H2,29,30,31);2-5,7-8,10-11,13,16,19H,1,6,9,12,14-15H2,(H2,28,29,30);2-4,6,8-10,12,16,20H,1,5,7,11,14-15H2,(H2,28,30,31)/t2*19-;20-/m111/s1. The smallest absolute Gasteiger partial charge is 0.246 e. The Morgan fingerprint density at radius 3 is 1.30 bits per heavy atom. The second-order valence-corrected chi connectivity index (χ2v) is 25.5. The molecule has 107 heavy (non-hydrogen) atoms. The van der Waals surface area contributed by atoms with Crippen molar-refractivity contribution >= 4 is 68.3 Å². The number of nitriles is 1. The molecular formula is C78H73F3N20O6. The average molecular weight is 1440 g/mol. The van der Waals surface area contributed by atoms with E-state index in [2.05, 4.69) is 60.7 Å². The van der Waals surface area contributed by atoms with E-state index < -0.39 is 11.6 Å². The summed E-state index contributed by atoms with van der Waals surface area (Å²) in [5, 5.41) is 25.9. The summed E-state index contributed by atoms with van der Waals surface area (Å²) in [6.07, 6.45) is 14.7. The summed E-state index contributed by atoms with van der Waals surface area (Å²) in [5.41, 5.74) is 26.2. The lowest BCUT2D eigenvalue weighted by molar-refractivity contribution is -0.128. The van der Waals surface area contributed by atoms with Crippen molar-refractivity contribution in [2.45, 2.75) is 76.5 Å². The molecule has 10 heterocycles. The number of fused-ring (bicyclic) bond motifs is 3. The van der Waals surface area contributed by atoms with Crippen LogP contribution in [0.3, 0.4) is 0 Å². The van der Waals surface area contributed by atoms with Crippen molar-refractivity contribution in [3.63, 3.8) is 0 Å². The number of carbonyl (C=O) groups is 3. The lowest BCUT2D eigenvalue weighted by atomic mass is 10.1. The zero-order chi connectivity index (χ0) is 74.7. The number of nitrogens with zero attached hydrogens (tertiary/aromatic N) is 17. The SMILES string of the molecule is C=CC(=O)N1CCC[C@@H](n2nc(-c3ccc(OCc4cccc(F)c4)c(F)c3)c3c(N)ncnc32)C1.C=CC(=O)N1CCC[C@@H](n2nc(-c3ccc(OCc4ccccc4)c(F)c3)c3c(N)ncnc32)C1.C=CC(=O)N1CCC[C@@H](n2nc(-c3ccc(OCc4ccccn4)c(C#N)c3)c3c(N)ncnc32)C1. The normalized spacial score (nSPS) is 15.6. The van der Waals surface area contributed by atoms with Crippen molar-refractivity contribution in [1.82, 2.24) is 78.9 Å². The molecule has 0 spiro atoms. The average Bonchev–Trinajstić information content (AvgIpc) is 1.62. The van der Waals surface area contributed by atoms with Crippen LogP contribution in [0.1, 0.15) is 79.0 Å². The highest BCUT2D eigenvalue weighted by atomic mass is 19.1. The lowest BCUT2D eigenvalue weighted by Crippen LogP contribution is -2.40. The van der Waals surface area contributed by atoms with Crippen LogP contribution in [0.4, 0.5) is 30.6 Å². The summed E-state index contributed by atoms with van der Waals surface area (Å²) < 4.78 is 65.9. The van der Waals surface area contributed by atoms with E-state index in [4.69, 9.17) is 46.7 Å². The van der Waals surface area contributed by atoms with Crippen molar-refractivity contribution in [3.8, 4) is 57.1 Å². The quantitative estimate of drug-likeness (QED) is 0.0672. The molecule has 7 aromatic heterocycles. The van der Waals surface area contributed by atoms with E-state index in [-0.39, 0.29) is 84.6 Å². The molecule has 29 heteroatoms. The van der Waals surface area contributed by atoms with E-state index in [1.807, 2.05) is 59.3 Å². The maximum Gasteiger partial charge on any atom is 0.246 e. The first-order chi connectivity index (χ1) is 52.1. The number of rotatable bonds is 18. The molecule has 542 valence electrons. The van der Waals surface area contributed by atoms with E-state index in [1.165, 1.54) is 67.5 Å². The molecule has 26 nitrogen and oxygen atoms in total. The Morgan fingerprint density at radius 1 is 0.477 bits per heavy atom. The summed E-state index contributed by atoms with van der Waals surface area (Å²) >= 11 is 0. The predicted octanol–water partition coefficient (Wildman–Crippen LogP) is 11.7. The first-order valence-electron chi connectivity index (χ1n) is 34.5. The maximum atomic E-state index is 15.0. The number of hydrogen-bond donors (Lipinski definition) is 3. The van der Waals surface area contributed by atoms with E-state index >= 15 is 8.78 Å². The number of anilines is 3. The Hall–Kier alpha value is -13.4. The fourth-order valence-corrected chi connectivity index (χ4v) is 13.4. The van der Waals surface area contributed by atoms with Crippen LogP contribution < -0.4 is 31.4 Å². The van der Waals surface area contributed by atoms with E-state index in [0.29, 0.717) is 129 Å². The number of nitrogen functional groups attached to an aromatic ring is 3. The molecule has 3 aliphatic heterocycles. The van der Waals surface area contributed by atoms with Gasteiger partial charge in [-0.25, -0.2) is 57.1 Å². The molecule has 12 aromatic rings. The highest BCUT2D eigenvalue weighted by Gasteiger charge is 2.32. The Morgan fingerprint density at radius 2 is 0.888 bits per heavy atom. The van der Waals surface area contributed by atoms with Crippen molar-refractivity contribution < 1.29 is 41.8 Å². The first-order valence-corrected chi connectivity index (χ1v) is 34.5. The first kappa shape index (κ1) is 72.0. The Bertz CT molecular complexity index is 5360. The van der Waals surface area contributed by atoms with Crippen LogP contribution in [0.25, 0.3) is 66.9 Å². The van der Waals surface area contributed by atoms with Gasteiger partial charge >= 0.3 is 0 Å². The fourth-order valence-electron chi connectivity index (χ4n) is 13.4. The van der Waals surface area contributed by atoms with Gasteiger partial charge < -0.3 is 46.1 Å². The number of nitrogens with two attached hydrogens (primary N) is 3. The molecule has 3 fully saturated rings. The molecule has 0 saturated carbocycles. The zero-order valence-corrected chi connectivity index (χ0v) is 58.0. The van der Waals surface area contributed by atoms with Gasteiger partial charge in [0.05, 0.1) is 45.5 Å². The molecule has 0 aliphatic carbocycles. The molecule has 0 unspecified atom stereocenters. The van der Waals surface area contributed by atoms with Gasteiger partial charge in [0, 0.05) is 62.2 Å². The molecule has 3 aliphatic rings. The molecule has 3 saturated heterocycles. The van der Waals surface area contributed by atoms with Gasteiger partial charge in [-0.3, -0.25) is 19.4 Å². The second kappa shape index (κ2) is 32.5. The van der Waals surface area contributed by atoms with Crippen LogP contribution in [0.5, 0.6) is 17.2 Å². The molecule has 3 amide bonds. The largest absolute Gasteiger partial charge is 0.486 e. The van der Waals surface area contributed by atoms with Crippen LogP contribution in [-0.2, 0) is 34.2 Å². The third-order valence-corrected chi connectivity index (χ3v) is 18.6. The van der Waals surface area contributed by atoms with Gasteiger partial charge in [0.1, 0.15) is 91.0 Å². The number of aromatic nitrogens is 13. The number of pyridine rings is 1. The molecule has 5 aromatic carbocycles. The van der Waals surface area contributed by atoms with Crippen LogP contribution in [0.2, 0.25) is 0 Å². The number of benzene rings is 5. The number of ether oxygens (including phenoxy) is 3. The predicted molar refractivity (Wildman–Crippen MR) is 395 cm³/mol. The molecular weight excluding hydrogens is 1370 g/mol. The Kier molecular flexibility index (Phi) is 21.9. The molecule has 3 atom stereocenters. The molecule has 6 N–H and O–H groups in total. The number of amides is 3. The number of hydrogen-bond acceptors (Lipinski definition) is 20. The third kappa shape index (κ3) is 15.9. The summed E-state index contributed by atoms with van der Waals surface area (Å²) in [7, 11) is 0. The van der Waals surface area contributed by atoms with Crippen LogP contribution in [0, 0.1) is 28.8 Å². The van der Waals surface area contributed by atoms with Gasteiger partial charge in [0.25, 0.3) is 0 Å². The number of piperidine rings is 3. The van der Waals surface area contributed by atoms with Crippen LogP contribution >= 0.6 is 0 Å². The summed E-state index contributed by atoms with van der Waals surface area (Å²) in [4.78, 5) is 71.8. The number of likely N-dealkylation sites (tertiary alicyclic amines) is 3. The zero-order valence-electron chi connectivity index (χ0n) is 58.0. The van der Waals surface area contributed by atoms with E-state index in [0.717, 1.165) is 49.8 Å². The third-order valence-electron chi connectivity index (χ3n) is 18.6. The maximum absolute atomic E-state index is 15.0. The summed E-state index contributed by atoms with van der Waals surface area (Å²) in [6, 6.07) is 37.5. The lowest BCUT2D eigenvalue weighted by Gasteiger charge is -2.32. The van der Waals surface area contributed by atoms with Crippen molar-refractivity contribution in [2.75, 3.05) is 56.5 Å². The second-order valence-electron chi connectivity index (χ2n) is 25.5. The monoisotopic (exact) mass is 1440 g/mol. The van der Waals surface area contributed by atoms with Gasteiger partial charge in [-0.1, -0.05) is 68.3 Å². The minimum atomic E-state index is -0.595. The van der Waals surface area contributed by atoms with Gasteiger partial charge in [-0.2, -0.15) is 20.6 Å².